The fourth-order valence-corrected chi connectivity index (χ4v) is 5.26. The first-order chi connectivity index (χ1) is 18.2. The molecule has 0 aromatic rings. The second-order valence-corrected chi connectivity index (χ2v) is 11.6. The Morgan fingerprint density at radius 3 is 1.14 bits per heavy atom. The minimum Gasteiger partial charge on any atom is -0.393 e. The van der Waals surface area contributed by atoms with Crippen molar-refractivity contribution in [3.8, 4) is 0 Å². The number of hydrogen-bond donors (Lipinski definition) is 0. The number of hydrogen-bond acceptors (Lipinski definition) is 3. The van der Waals surface area contributed by atoms with Gasteiger partial charge in [0.25, 0.3) is 0 Å². The van der Waals surface area contributed by atoms with Crippen LogP contribution >= 0.6 is 0 Å². The van der Waals surface area contributed by atoms with Gasteiger partial charge in [0, 0.05) is 6.42 Å². The van der Waals surface area contributed by atoms with Crippen molar-refractivity contribution in [3.63, 3.8) is 0 Å². The van der Waals surface area contributed by atoms with Crippen LogP contribution in [-0.2, 0) is 14.3 Å². The van der Waals surface area contributed by atoms with E-state index in [4.69, 9.17) is 4.74 Å². The van der Waals surface area contributed by atoms with Gasteiger partial charge in [0.05, 0.1) is 5.92 Å². The van der Waals surface area contributed by atoms with Crippen LogP contribution in [-0.4, -0.2) is 11.9 Å². The molecule has 0 bridgehead atoms. The second-order valence-electron chi connectivity index (χ2n) is 11.6. The molecule has 0 saturated carbocycles. The molecule has 0 saturated heterocycles. The summed E-state index contributed by atoms with van der Waals surface area (Å²) >= 11 is 0. The first kappa shape index (κ1) is 36.1. The largest absolute Gasteiger partial charge is 0.393 e. The third kappa shape index (κ3) is 26.5. The lowest BCUT2D eigenvalue weighted by atomic mass is 9.94. The van der Waals surface area contributed by atoms with E-state index in [1.54, 1.807) is 0 Å². The quantitative estimate of drug-likeness (QED) is 0.0557. The van der Waals surface area contributed by atoms with E-state index < -0.39 is 0 Å². The number of carbonyl (C=O) groups excluding carboxylic acids is 2. The molecule has 3 nitrogen and oxygen atoms in total. The molecular formula is C34H66O3. The molecule has 0 amide bonds. The molecular weight excluding hydrogens is 456 g/mol. The van der Waals surface area contributed by atoms with E-state index in [1.807, 2.05) is 0 Å². The van der Waals surface area contributed by atoms with E-state index >= 15 is 0 Å². The zero-order valence-corrected chi connectivity index (χ0v) is 25.6. The average Bonchev–Trinajstić information content (AvgIpc) is 2.89. The van der Waals surface area contributed by atoms with Crippen LogP contribution in [0.2, 0.25) is 0 Å². The highest BCUT2D eigenvalue weighted by Crippen LogP contribution is 2.21. The first-order valence-corrected chi connectivity index (χ1v) is 16.9. The molecule has 0 aliphatic carbocycles. The van der Waals surface area contributed by atoms with Crippen LogP contribution in [0.1, 0.15) is 201 Å². The number of esters is 2. The highest BCUT2D eigenvalue weighted by Gasteiger charge is 2.22. The van der Waals surface area contributed by atoms with Crippen LogP contribution in [0.5, 0.6) is 0 Å². The Labute approximate surface area is 232 Å². The van der Waals surface area contributed by atoms with Gasteiger partial charge >= 0.3 is 11.9 Å². The van der Waals surface area contributed by atoms with Crippen molar-refractivity contribution in [2.75, 3.05) is 0 Å². The van der Waals surface area contributed by atoms with Gasteiger partial charge < -0.3 is 4.74 Å². The van der Waals surface area contributed by atoms with Gasteiger partial charge in [0.15, 0.2) is 0 Å². The lowest BCUT2D eigenvalue weighted by Crippen LogP contribution is -2.21. The standard InChI is InChI=1S/C34H66O3/c1-4-7-10-12-14-16-17-18-19-21-23-25-28-31-33(35)37-34(36)32(29-26-9-6-3)30-27-24-22-20-15-13-11-8-5-2/h32H,4-31H2,1-3H3. The maximum atomic E-state index is 12.7. The maximum absolute atomic E-state index is 12.7. The van der Waals surface area contributed by atoms with Crippen LogP contribution in [0.4, 0.5) is 0 Å². The monoisotopic (exact) mass is 523 g/mol. The molecule has 3 heteroatoms. The minimum atomic E-state index is -0.305. The number of unbranched alkanes of at least 4 members (excludes halogenated alkanes) is 22. The Hall–Kier alpha value is -0.860. The van der Waals surface area contributed by atoms with Gasteiger partial charge in [0.1, 0.15) is 0 Å². The van der Waals surface area contributed by atoms with Crippen LogP contribution in [0.25, 0.3) is 0 Å². The van der Waals surface area contributed by atoms with Crippen molar-refractivity contribution in [2.45, 2.75) is 201 Å². The number of carbonyl (C=O) groups is 2. The maximum Gasteiger partial charge on any atom is 0.316 e. The smallest absolute Gasteiger partial charge is 0.316 e. The van der Waals surface area contributed by atoms with Crippen LogP contribution in [0.15, 0.2) is 0 Å². The summed E-state index contributed by atoms with van der Waals surface area (Å²) in [5.74, 6) is -0.650. The fraction of sp³-hybridized carbons (Fsp3) is 0.941. The highest BCUT2D eigenvalue weighted by atomic mass is 16.6. The van der Waals surface area contributed by atoms with Crippen molar-refractivity contribution >= 4 is 11.9 Å². The lowest BCUT2D eigenvalue weighted by molar-refractivity contribution is -0.163. The molecule has 0 N–H and O–H groups in total. The Morgan fingerprint density at radius 1 is 0.432 bits per heavy atom. The van der Waals surface area contributed by atoms with Crippen molar-refractivity contribution < 1.29 is 14.3 Å². The fourth-order valence-electron chi connectivity index (χ4n) is 5.26. The molecule has 1 unspecified atom stereocenters. The lowest BCUT2D eigenvalue weighted by Gasteiger charge is -2.15. The molecule has 37 heavy (non-hydrogen) atoms. The summed E-state index contributed by atoms with van der Waals surface area (Å²) in [6.07, 6.45) is 33.8. The molecule has 0 rings (SSSR count). The van der Waals surface area contributed by atoms with Gasteiger partial charge in [-0.25, -0.2) is 0 Å². The Balaban J connectivity index is 3.87. The third-order valence-corrected chi connectivity index (χ3v) is 7.84. The normalized spacial score (nSPS) is 12.1. The second kappa shape index (κ2) is 29.7. The highest BCUT2D eigenvalue weighted by molar-refractivity contribution is 5.86. The topological polar surface area (TPSA) is 43.4 Å². The molecule has 0 radical (unpaired) electrons. The first-order valence-electron chi connectivity index (χ1n) is 16.9. The summed E-state index contributed by atoms with van der Waals surface area (Å²) in [5, 5.41) is 0. The van der Waals surface area contributed by atoms with Gasteiger partial charge in [-0.15, -0.1) is 0 Å². The Morgan fingerprint density at radius 2 is 0.730 bits per heavy atom. The summed E-state index contributed by atoms with van der Waals surface area (Å²) in [7, 11) is 0. The molecule has 0 fully saturated rings. The van der Waals surface area contributed by atoms with E-state index in [2.05, 4.69) is 20.8 Å². The van der Waals surface area contributed by atoms with Gasteiger partial charge in [-0.1, -0.05) is 175 Å². The Bertz CT molecular complexity index is 487. The van der Waals surface area contributed by atoms with Gasteiger partial charge in [0.2, 0.25) is 0 Å². The number of ether oxygens (including phenoxy) is 1. The molecule has 0 aliphatic rings. The van der Waals surface area contributed by atoms with Gasteiger partial charge in [-0.2, -0.15) is 0 Å². The molecule has 1 atom stereocenters. The summed E-state index contributed by atoms with van der Waals surface area (Å²) in [6, 6.07) is 0. The van der Waals surface area contributed by atoms with E-state index in [-0.39, 0.29) is 17.9 Å². The predicted octanol–water partition coefficient (Wildman–Crippen LogP) is 11.7. The minimum absolute atomic E-state index is 0.0910. The zero-order valence-electron chi connectivity index (χ0n) is 25.6. The van der Waals surface area contributed by atoms with Crippen molar-refractivity contribution in [1.82, 2.24) is 0 Å². The van der Waals surface area contributed by atoms with E-state index in [1.165, 1.54) is 122 Å². The van der Waals surface area contributed by atoms with Crippen LogP contribution in [0, 0.1) is 5.92 Å². The van der Waals surface area contributed by atoms with E-state index in [0.717, 1.165) is 51.4 Å². The molecule has 0 spiro atoms. The molecule has 0 aromatic carbocycles. The van der Waals surface area contributed by atoms with Crippen LogP contribution in [0.3, 0.4) is 0 Å². The third-order valence-electron chi connectivity index (χ3n) is 7.84. The molecule has 0 aromatic heterocycles. The average molecular weight is 523 g/mol. The summed E-state index contributed by atoms with van der Waals surface area (Å²) in [5.41, 5.74) is 0. The SMILES string of the molecule is CCCCCCCCCCCCCCCC(=O)OC(=O)C(CCCCC)CCCCCCCCCCC. The van der Waals surface area contributed by atoms with Crippen molar-refractivity contribution in [1.29, 1.82) is 0 Å². The summed E-state index contributed by atoms with van der Waals surface area (Å²) in [4.78, 5) is 25.0. The molecule has 0 heterocycles. The van der Waals surface area contributed by atoms with Gasteiger partial charge in [-0.05, 0) is 19.3 Å². The van der Waals surface area contributed by atoms with Crippen LogP contribution < -0.4 is 0 Å². The molecule has 0 aliphatic heterocycles. The summed E-state index contributed by atoms with van der Waals surface area (Å²) < 4.78 is 5.31. The van der Waals surface area contributed by atoms with E-state index in [9.17, 15) is 9.59 Å². The molecule has 220 valence electrons. The Kier molecular flexibility index (Phi) is 29.0. The number of rotatable bonds is 29. The van der Waals surface area contributed by atoms with Crippen molar-refractivity contribution in [3.05, 3.63) is 0 Å². The summed E-state index contributed by atoms with van der Waals surface area (Å²) in [6.45, 7) is 6.72. The van der Waals surface area contributed by atoms with E-state index in [0.29, 0.717) is 6.42 Å². The zero-order chi connectivity index (χ0) is 27.2. The van der Waals surface area contributed by atoms with Gasteiger partial charge in [-0.3, -0.25) is 9.59 Å². The predicted molar refractivity (Wildman–Crippen MR) is 161 cm³/mol. The van der Waals surface area contributed by atoms with Crippen molar-refractivity contribution in [2.24, 2.45) is 5.92 Å².